The molecule has 7 heteroatoms. The van der Waals surface area contributed by atoms with E-state index in [0.717, 1.165) is 0 Å². The van der Waals surface area contributed by atoms with Crippen LogP contribution >= 0.6 is 23.2 Å². The van der Waals surface area contributed by atoms with Crippen LogP contribution in [-0.4, -0.2) is 22.1 Å². The van der Waals surface area contributed by atoms with E-state index < -0.39 is 6.10 Å². The number of carbonyl (C=O) groups excluding carboxylic acids is 1. The van der Waals surface area contributed by atoms with Gasteiger partial charge in [0, 0.05) is 41.5 Å². The minimum atomic E-state index is -0.957. The molecule has 1 aromatic carbocycles. The summed E-state index contributed by atoms with van der Waals surface area (Å²) < 4.78 is 1.31. The molecule has 0 saturated heterocycles. The maximum Gasteiger partial charge on any atom is 0.252 e. The highest BCUT2D eigenvalue weighted by Gasteiger charge is 2.14. The van der Waals surface area contributed by atoms with Crippen molar-refractivity contribution < 1.29 is 9.90 Å². The summed E-state index contributed by atoms with van der Waals surface area (Å²) in [6.45, 7) is -0.0109. The van der Waals surface area contributed by atoms with Crippen LogP contribution in [0.3, 0.4) is 0 Å². The monoisotopic (exact) mass is 340 g/mol. The second-order valence-corrected chi connectivity index (χ2v) is 5.60. The number of aryl methyl sites for hydroxylation is 1. The van der Waals surface area contributed by atoms with Crippen LogP contribution < -0.4 is 10.9 Å². The minimum absolute atomic E-state index is 0.0109. The number of halogens is 2. The first-order valence-corrected chi connectivity index (χ1v) is 7.22. The highest BCUT2D eigenvalue weighted by atomic mass is 35.5. The van der Waals surface area contributed by atoms with Crippen molar-refractivity contribution in [2.45, 2.75) is 6.10 Å². The van der Waals surface area contributed by atoms with Crippen molar-refractivity contribution >= 4 is 29.1 Å². The van der Waals surface area contributed by atoms with E-state index >= 15 is 0 Å². The van der Waals surface area contributed by atoms with Gasteiger partial charge in [0.1, 0.15) is 0 Å². The molecule has 1 aromatic heterocycles. The first-order valence-electron chi connectivity index (χ1n) is 6.46. The molecule has 0 aliphatic heterocycles. The first kappa shape index (κ1) is 16.5. The van der Waals surface area contributed by atoms with Crippen LogP contribution in [0.2, 0.25) is 10.0 Å². The summed E-state index contributed by atoms with van der Waals surface area (Å²) in [7, 11) is 1.56. The topological polar surface area (TPSA) is 71.3 Å². The van der Waals surface area contributed by atoms with Crippen molar-refractivity contribution in [1.29, 1.82) is 0 Å². The molecule has 0 aliphatic rings. The zero-order valence-corrected chi connectivity index (χ0v) is 13.2. The van der Waals surface area contributed by atoms with E-state index in [0.29, 0.717) is 21.2 Å². The molecule has 0 spiro atoms. The van der Waals surface area contributed by atoms with E-state index in [1.54, 1.807) is 19.2 Å². The number of aliphatic hydroxyl groups is 1. The van der Waals surface area contributed by atoms with Gasteiger partial charge >= 0.3 is 0 Å². The van der Waals surface area contributed by atoms with Crippen LogP contribution in [0.15, 0.2) is 41.3 Å². The molecule has 22 heavy (non-hydrogen) atoms. The molecule has 0 fully saturated rings. The molecule has 1 atom stereocenters. The third-order valence-electron chi connectivity index (χ3n) is 3.13. The molecule has 0 saturated carbocycles. The fraction of sp³-hybridized carbons (Fsp3) is 0.200. The van der Waals surface area contributed by atoms with Crippen LogP contribution in [-0.2, 0) is 7.05 Å². The Morgan fingerprint density at radius 1 is 1.32 bits per heavy atom. The standard InChI is InChI=1S/C15H14Cl2N2O3/c1-19-8-9(2-5-14(19)21)15(22)18-7-13(20)11-4-3-10(16)6-12(11)17/h2-6,8,13,20H,7H2,1H3,(H,18,22). The molecule has 1 amide bonds. The molecular weight excluding hydrogens is 327 g/mol. The molecule has 2 rings (SSSR count). The molecule has 116 valence electrons. The Bertz CT molecular complexity index is 759. The number of hydrogen-bond donors (Lipinski definition) is 2. The van der Waals surface area contributed by atoms with Gasteiger partial charge < -0.3 is 15.0 Å². The highest BCUT2D eigenvalue weighted by molar-refractivity contribution is 6.35. The van der Waals surface area contributed by atoms with Crippen LogP contribution in [0.25, 0.3) is 0 Å². The molecular formula is C15H14Cl2N2O3. The lowest BCUT2D eigenvalue weighted by molar-refractivity contribution is 0.0915. The average Bonchev–Trinajstić information content (AvgIpc) is 2.47. The van der Waals surface area contributed by atoms with Crippen molar-refractivity contribution in [2.24, 2.45) is 7.05 Å². The molecule has 0 aliphatic carbocycles. The van der Waals surface area contributed by atoms with Crippen LogP contribution in [0.4, 0.5) is 0 Å². The van der Waals surface area contributed by atoms with E-state index in [-0.39, 0.29) is 18.0 Å². The summed E-state index contributed by atoms with van der Waals surface area (Å²) >= 11 is 11.8. The van der Waals surface area contributed by atoms with Gasteiger partial charge in [0.2, 0.25) is 5.56 Å². The number of aliphatic hydroxyl groups excluding tert-OH is 1. The fourth-order valence-electron chi connectivity index (χ4n) is 1.90. The first-order chi connectivity index (χ1) is 10.4. The smallest absolute Gasteiger partial charge is 0.252 e. The number of amides is 1. The predicted molar refractivity (Wildman–Crippen MR) is 85.4 cm³/mol. The van der Waals surface area contributed by atoms with E-state index in [4.69, 9.17) is 23.2 Å². The lowest BCUT2D eigenvalue weighted by atomic mass is 10.1. The molecule has 1 heterocycles. The Morgan fingerprint density at radius 3 is 2.68 bits per heavy atom. The summed E-state index contributed by atoms with van der Waals surface area (Å²) in [6.07, 6.45) is 0.473. The zero-order valence-electron chi connectivity index (χ0n) is 11.7. The Morgan fingerprint density at radius 2 is 2.05 bits per heavy atom. The zero-order chi connectivity index (χ0) is 16.3. The summed E-state index contributed by atoms with van der Waals surface area (Å²) in [6, 6.07) is 7.48. The number of aromatic nitrogens is 1. The van der Waals surface area contributed by atoms with Crippen molar-refractivity contribution in [3.63, 3.8) is 0 Å². The van der Waals surface area contributed by atoms with Gasteiger partial charge in [-0.2, -0.15) is 0 Å². The Labute approximate surface area is 137 Å². The minimum Gasteiger partial charge on any atom is -0.387 e. The molecule has 0 bridgehead atoms. The van der Waals surface area contributed by atoms with Gasteiger partial charge in [0.25, 0.3) is 5.91 Å². The second kappa shape index (κ2) is 6.96. The maximum absolute atomic E-state index is 12.0. The fourth-order valence-corrected chi connectivity index (χ4v) is 2.44. The van der Waals surface area contributed by atoms with Crippen LogP contribution in [0.1, 0.15) is 22.0 Å². The third kappa shape index (κ3) is 3.88. The quantitative estimate of drug-likeness (QED) is 0.895. The Kier molecular flexibility index (Phi) is 5.24. The summed E-state index contributed by atoms with van der Waals surface area (Å²) in [4.78, 5) is 23.3. The Hall–Kier alpha value is -1.82. The predicted octanol–water partition coefficient (Wildman–Crippen LogP) is 2.16. The largest absolute Gasteiger partial charge is 0.387 e. The lowest BCUT2D eigenvalue weighted by Gasteiger charge is -2.14. The number of nitrogens with zero attached hydrogens (tertiary/aromatic N) is 1. The Balaban J connectivity index is 2.03. The average molecular weight is 341 g/mol. The summed E-state index contributed by atoms with van der Waals surface area (Å²) in [5.41, 5.74) is 0.605. The SMILES string of the molecule is Cn1cc(C(=O)NCC(O)c2ccc(Cl)cc2Cl)ccc1=O. The third-order valence-corrected chi connectivity index (χ3v) is 3.69. The van der Waals surface area contributed by atoms with Crippen molar-refractivity contribution in [3.8, 4) is 0 Å². The van der Waals surface area contributed by atoms with Gasteiger partial charge in [-0.15, -0.1) is 0 Å². The molecule has 2 N–H and O–H groups in total. The maximum atomic E-state index is 12.0. The van der Waals surface area contributed by atoms with E-state index in [2.05, 4.69) is 5.32 Å². The normalized spacial score (nSPS) is 12.0. The number of rotatable bonds is 4. The number of benzene rings is 1. The number of carbonyl (C=O) groups is 1. The van der Waals surface area contributed by atoms with E-state index in [1.807, 2.05) is 0 Å². The van der Waals surface area contributed by atoms with Gasteiger partial charge in [0.05, 0.1) is 11.7 Å². The van der Waals surface area contributed by atoms with Gasteiger partial charge in [-0.05, 0) is 18.2 Å². The molecule has 5 nitrogen and oxygen atoms in total. The van der Waals surface area contributed by atoms with E-state index in [9.17, 15) is 14.7 Å². The lowest BCUT2D eigenvalue weighted by Crippen LogP contribution is -2.29. The number of hydrogen-bond acceptors (Lipinski definition) is 3. The molecule has 0 radical (unpaired) electrons. The van der Waals surface area contributed by atoms with Crippen molar-refractivity contribution in [1.82, 2.24) is 9.88 Å². The van der Waals surface area contributed by atoms with Gasteiger partial charge in [0.15, 0.2) is 0 Å². The second-order valence-electron chi connectivity index (χ2n) is 4.76. The van der Waals surface area contributed by atoms with Crippen LogP contribution in [0, 0.1) is 0 Å². The number of pyridine rings is 1. The van der Waals surface area contributed by atoms with E-state index in [1.165, 1.54) is 29.0 Å². The molecule has 2 aromatic rings. The van der Waals surface area contributed by atoms with Crippen LogP contribution in [0.5, 0.6) is 0 Å². The van der Waals surface area contributed by atoms with Crippen molar-refractivity contribution in [2.75, 3.05) is 6.54 Å². The highest BCUT2D eigenvalue weighted by Crippen LogP contribution is 2.25. The summed E-state index contributed by atoms with van der Waals surface area (Å²) in [5, 5.41) is 13.5. The summed E-state index contributed by atoms with van der Waals surface area (Å²) in [5.74, 6) is -0.389. The number of nitrogens with one attached hydrogen (secondary N) is 1. The van der Waals surface area contributed by atoms with Crippen molar-refractivity contribution in [3.05, 3.63) is 68.1 Å². The van der Waals surface area contributed by atoms with Gasteiger partial charge in [-0.3, -0.25) is 9.59 Å². The molecule has 1 unspecified atom stereocenters. The van der Waals surface area contributed by atoms with Gasteiger partial charge in [-0.1, -0.05) is 29.3 Å². The van der Waals surface area contributed by atoms with Gasteiger partial charge in [-0.25, -0.2) is 0 Å².